The molecule has 2 aromatic rings. The largest absolute Gasteiger partial charge is 0.478 e. The number of carbonyl (C=O) groups excluding carboxylic acids is 1. The number of aromatic carboxylic acids is 1. The summed E-state index contributed by atoms with van der Waals surface area (Å²) in [4.78, 5) is 22.3. The molecule has 0 atom stereocenters. The molecule has 0 bridgehead atoms. The van der Waals surface area contributed by atoms with E-state index in [-0.39, 0.29) is 11.5 Å². The molecule has 5 nitrogen and oxygen atoms in total. The van der Waals surface area contributed by atoms with Crippen molar-refractivity contribution in [3.05, 3.63) is 65.2 Å². The third-order valence-corrected chi connectivity index (χ3v) is 3.05. The van der Waals surface area contributed by atoms with E-state index < -0.39 is 5.97 Å². The monoisotopic (exact) mass is 284 g/mol. The van der Waals surface area contributed by atoms with Crippen LogP contribution in [0.3, 0.4) is 0 Å². The molecule has 0 unspecified atom stereocenters. The molecule has 2 aromatic carbocycles. The van der Waals surface area contributed by atoms with Gasteiger partial charge in [-0.3, -0.25) is 4.79 Å². The van der Waals surface area contributed by atoms with E-state index >= 15 is 0 Å². The van der Waals surface area contributed by atoms with E-state index in [1.54, 1.807) is 49.5 Å². The number of amides is 1. The highest BCUT2D eigenvalue weighted by molar-refractivity contribution is 5.94. The van der Waals surface area contributed by atoms with Gasteiger partial charge in [0.25, 0.3) is 5.91 Å². The lowest BCUT2D eigenvalue weighted by Gasteiger charge is -2.08. The minimum Gasteiger partial charge on any atom is -0.478 e. The minimum absolute atomic E-state index is 0.135. The van der Waals surface area contributed by atoms with Crippen molar-refractivity contribution in [3.8, 4) is 0 Å². The lowest BCUT2D eigenvalue weighted by molar-refractivity contribution is 0.0696. The molecule has 3 N–H and O–H groups in total. The average molecular weight is 284 g/mol. The molecule has 0 saturated carbocycles. The van der Waals surface area contributed by atoms with E-state index in [9.17, 15) is 9.59 Å². The van der Waals surface area contributed by atoms with Crippen molar-refractivity contribution in [2.24, 2.45) is 0 Å². The zero-order valence-electron chi connectivity index (χ0n) is 11.6. The standard InChI is InChI=1S/C16H16N2O3/c1-17-15(19)13-3-2-4-14(9-13)18-10-11-5-7-12(8-6-11)16(20)21/h2-9,18H,10H2,1H3,(H,17,19)(H,20,21). The molecule has 1 amide bonds. The summed E-state index contributed by atoms with van der Waals surface area (Å²) in [5, 5.41) is 14.6. The average Bonchev–Trinajstić information content (AvgIpc) is 2.52. The number of carbonyl (C=O) groups is 2. The van der Waals surface area contributed by atoms with Gasteiger partial charge in [0.1, 0.15) is 0 Å². The molecule has 0 fully saturated rings. The van der Waals surface area contributed by atoms with Crippen molar-refractivity contribution in [3.63, 3.8) is 0 Å². The molecule has 0 aliphatic rings. The molecule has 0 heterocycles. The lowest BCUT2D eigenvalue weighted by Crippen LogP contribution is -2.17. The SMILES string of the molecule is CNC(=O)c1cccc(NCc2ccc(C(=O)O)cc2)c1. The van der Waals surface area contributed by atoms with Crippen LogP contribution in [-0.4, -0.2) is 24.0 Å². The molecule has 0 saturated heterocycles. The Morgan fingerprint density at radius 1 is 1.05 bits per heavy atom. The summed E-state index contributed by atoms with van der Waals surface area (Å²) in [6.45, 7) is 0.553. The highest BCUT2D eigenvalue weighted by Gasteiger charge is 2.04. The van der Waals surface area contributed by atoms with Gasteiger partial charge in [0.05, 0.1) is 5.56 Å². The summed E-state index contributed by atoms with van der Waals surface area (Å²) in [5.41, 5.74) is 2.65. The maximum atomic E-state index is 11.5. The molecule has 0 aliphatic carbocycles. The number of hydrogen-bond donors (Lipinski definition) is 3. The normalized spacial score (nSPS) is 9.95. The fraction of sp³-hybridized carbons (Fsp3) is 0.125. The van der Waals surface area contributed by atoms with Crippen LogP contribution in [0.15, 0.2) is 48.5 Å². The summed E-state index contributed by atoms with van der Waals surface area (Å²) in [7, 11) is 1.59. The molecule has 2 rings (SSSR count). The molecule has 0 aromatic heterocycles. The van der Waals surface area contributed by atoms with Gasteiger partial charge in [-0.05, 0) is 35.9 Å². The van der Waals surface area contributed by atoms with Crippen molar-refractivity contribution in [1.29, 1.82) is 0 Å². The molecule has 0 aliphatic heterocycles. The summed E-state index contributed by atoms with van der Waals surface area (Å²) in [6, 6.07) is 13.9. The van der Waals surface area contributed by atoms with E-state index in [1.165, 1.54) is 0 Å². The Bertz CT molecular complexity index is 651. The van der Waals surface area contributed by atoms with Gasteiger partial charge in [-0.1, -0.05) is 18.2 Å². The Balaban J connectivity index is 2.02. The van der Waals surface area contributed by atoms with Crippen LogP contribution in [0.4, 0.5) is 5.69 Å². The van der Waals surface area contributed by atoms with E-state index in [0.717, 1.165) is 11.3 Å². The summed E-state index contributed by atoms with van der Waals surface area (Å²) < 4.78 is 0. The van der Waals surface area contributed by atoms with Gasteiger partial charge in [-0.2, -0.15) is 0 Å². The van der Waals surface area contributed by atoms with Crippen LogP contribution in [-0.2, 0) is 6.54 Å². The lowest BCUT2D eigenvalue weighted by atomic mass is 10.1. The summed E-state index contributed by atoms with van der Waals surface area (Å²) in [6.07, 6.45) is 0. The topological polar surface area (TPSA) is 78.4 Å². The van der Waals surface area contributed by atoms with Gasteiger partial charge >= 0.3 is 5.97 Å². The molecule has 108 valence electrons. The van der Waals surface area contributed by atoms with Gasteiger partial charge in [0, 0.05) is 24.8 Å². The van der Waals surface area contributed by atoms with Crippen LogP contribution in [0, 0.1) is 0 Å². The molecule has 0 spiro atoms. The predicted octanol–water partition coefficient (Wildman–Crippen LogP) is 2.36. The summed E-state index contributed by atoms with van der Waals surface area (Å²) in [5.74, 6) is -1.07. The van der Waals surface area contributed by atoms with E-state index in [0.29, 0.717) is 12.1 Å². The van der Waals surface area contributed by atoms with Gasteiger partial charge < -0.3 is 15.7 Å². The Labute approximate surface area is 122 Å². The number of benzene rings is 2. The molecular formula is C16H16N2O3. The molecular weight excluding hydrogens is 268 g/mol. The van der Waals surface area contributed by atoms with Crippen molar-refractivity contribution in [1.82, 2.24) is 5.32 Å². The first-order chi connectivity index (χ1) is 10.1. The quantitative estimate of drug-likeness (QED) is 0.787. The smallest absolute Gasteiger partial charge is 0.335 e. The van der Waals surface area contributed by atoms with Gasteiger partial charge in [0.2, 0.25) is 0 Å². The zero-order chi connectivity index (χ0) is 15.2. The van der Waals surface area contributed by atoms with Gasteiger partial charge in [-0.15, -0.1) is 0 Å². The number of carboxylic acids is 1. The predicted molar refractivity (Wildman–Crippen MR) is 80.6 cm³/mol. The van der Waals surface area contributed by atoms with Crippen molar-refractivity contribution >= 4 is 17.6 Å². The first-order valence-electron chi connectivity index (χ1n) is 6.48. The maximum Gasteiger partial charge on any atom is 0.335 e. The second-order valence-corrected chi connectivity index (χ2v) is 4.52. The first kappa shape index (κ1) is 14.6. The fourth-order valence-corrected chi connectivity index (χ4v) is 1.88. The molecule has 5 heteroatoms. The molecule has 0 radical (unpaired) electrons. The fourth-order valence-electron chi connectivity index (χ4n) is 1.88. The van der Waals surface area contributed by atoms with Crippen LogP contribution in [0.1, 0.15) is 26.3 Å². The van der Waals surface area contributed by atoms with Crippen molar-refractivity contribution < 1.29 is 14.7 Å². The second-order valence-electron chi connectivity index (χ2n) is 4.52. The van der Waals surface area contributed by atoms with E-state index in [1.807, 2.05) is 6.07 Å². The van der Waals surface area contributed by atoms with Gasteiger partial charge in [0.15, 0.2) is 0 Å². The number of hydrogen-bond acceptors (Lipinski definition) is 3. The van der Waals surface area contributed by atoms with Gasteiger partial charge in [-0.25, -0.2) is 4.79 Å². The Morgan fingerprint density at radius 2 is 1.76 bits per heavy atom. The maximum absolute atomic E-state index is 11.5. The Hall–Kier alpha value is -2.82. The highest BCUT2D eigenvalue weighted by atomic mass is 16.4. The number of anilines is 1. The number of rotatable bonds is 5. The highest BCUT2D eigenvalue weighted by Crippen LogP contribution is 2.13. The second kappa shape index (κ2) is 6.56. The summed E-state index contributed by atoms with van der Waals surface area (Å²) >= 11 is 0. The Kier molecular flexibility index (Phi) is 4.56. The number of carboxylic acid groups (broad SMARTS) is 1. The van der Waals surface area contributed by atoms with Crippen molar-refractivity contribution in [2.75, 3.05) is 12.4 Å². The number of nitrogens with one attached hydrogen (secondary N) is 2. The van der Waals surface area contributed by atoms with Crippen LogP contribution in [0.5, 0.6) is 0 Å². The minimum atomic E-state index is -0.937. The van der Waals surface area contributed by atoms with E-state index in [2.05, 4.69) is 10.6 Å². The molecule has 21 heavy (non-hydrogen) atoms. The van der Waals surface area contributed by atoms with Crippen LogP contribution < -0.4 is 10.6 Å². The Morgan fingerprint density at radius 3 is 2.38 bits per heavy atom. The zero-order valence-corrected chi connectivity index (χ0v) is 11.6. The third kappa shape index (κ3) is 3.82. The van der Waals surface area contributed by atoms with Crippen LogP contribution >= 0.6 is 0 Å². The van der Waals surface area contributed by atoms with Crippen molar-refractivity contribution in [2.45, 2.75) is 6.54 Å². The first-order valence-corrected chi connectivity index (χ1v) is 6.48. The van der Waals surface area contributed by atoms with Crippen LogP contribution in [0.25, 0.3) is 0 Å². The third-order valence-electron chi connectivity index (χ3n) is 3.05. The van der Waals surface area contributed by atoms with E-state index in [4.69, 9.17) is 5.11 Å². The van der Waals surface area contributed by atoms with Crippen LogP contribution in [0.2, 0.25) is 0 Å².